The van der Waals surface area contributed by atoms with Gasteiger partial charge < -0.3 is 14.8 Å². The molecule has 2 amide bonds. The summed E-state index contributed by atoms with van der Waals surface area (Å²) in [5.41, 5.74) is 1.67. The molecule has 0 radical (unpaired) electrons. The smallest absolute Gasteiger partial charge is 0.240 e. The van der Waals surface area contributed by atoms with E-state index in [1.165, 1.54) is 16.6 Å². The molecule has 1 aromatic carbocycles. The van der Waals surface area contributed by atoms with E-state index in [9.17, 15) is 9.59 Å². The highest BCUT2D eigenvalue weighted by Gasteiger charge is 2.25. The Hall–Kier alpha value is -2.55. The van der Waals surface area contributed by atoms with Gasteiger partial charge in [0.15, 0.2) is 0 Å². The molecule has 0 spiro atoms. The second-order valence-corrected chi connectivity index (χ2v) is 10.2. The molecule has 33 heavy (non-hydrogen) atoms. The number of hydrogen-bond acceptors (Lipinski definition) is 5. The van der Waals surface area contributed by atoms with E-state index >= 15 is 0 Å². The number of carbonyl (C=O) groups excluding carboxylic acids is 2. The fourth-order valence-electron chi connectivity index (χ4n) is 3.95. The van der Waals surface area contributed by atoms with Crippen LogP contribution in [0, 0.1) is 0 Å². The van der Waals surface area contributed by atoms with E-state index in [2.05, 4.69) is 46.1 Å². The number of nitrogens with zero attached hydrogens (tertiary/aromatic N) is 3. The van der Waals surface area contributed by atoms with E-state index in [1.54, 1.807) is 16.2 Å². The van der Waals surface area contributed by atoms with Crippen molar-refractivity contribution in [3.05, 3.63) is 65.0 Å². The summed E-state index contributed by atoms with van der Waals surface area (Å²) in [4.78, 5) is 31.2. The van der Waals surface area contributed by atoms with E-state index in [-0.39, 0.29) is 18.4 Å². The molecular weight excluding hydrogens is 452 g/mol. The molecule has 0 saturated carbocycles. The third kappa shape index (κ3) is 5.69. The third-order valence-corrected chi connectivity index (χ3v) is 7.85. The van der Waals surface area contributed by atoms with Crippen molar-refractivity contribution < 1.29 is 9.59 Å². The molecule has 1 aliphatic rings. The summed E-state index contributed by atoms with van der Waals surface area (Å²) in [6, 6.07) is 16.4. The van der Waals surface area contributed by atoms with Gasteiger partial charge in [-0.3, -0.25) is 14.5 Å². The molecule has 4 rings (SSSR count). The van der Waals surface area contributed by atoms with Crippen LogP contribution in [-0.2, 0) is 16.1 Å². The number of anilines is 1. The van der Waals surface area contributed by atoms with Crippen LogP contribution in [0.3, 0.4) is 0 Å². The maximum atomic E-state index is 13.0. The molecule has 174 valence electrons. The molecule has 3 heterocycles. The zero-order valence-electron chi connectivity index (χ0n) is 19.1. The van der Waals surface area contributed by atoms with Crippen molar-refractivity contribution in [3.63, 3.8) is 0 Å². The van der Waals surface area contributed by atoms with Crippen molar-refractivity contribution >= 4 is 40.6 Å². The molecule has 0 fully saturated rings. The van der Waals surface area contributed by atoms with Gasteiger partial charge in [0, 0.05) is 36.8 Å². The van der Waals surface area contributed by atoms with Gasteiger partial charge in [0.25, 0.3) is 0 Å². The van der Waals surface area contributed by atoms with E-state index in [0.29, 0.717) is 18.3 Å². The summed E-state index contributed by atoms with van der Waals surface area (Å²) in [7, 11) is 0. The van der Waals surface area contributed by atoms with Gasteiger partial charge in [-0.15, -0.1) is 11.3 Å². The van der Waals surface area contributed by atoms with Crippen LogP contribution >= 0.6 is 23.1 Å². The highest BCUT2D eigenvalue weighted by molar-refractivity contribution is 7.99. The zero-order chi connectivity index (χ0) is 23.2. The summed E-state index contributed by atoms with van der Waals surface area (Å²) in [5.74, 6) is 0.0967. The second kappa shape index (κ2) is 11.0. The number of amides is 2. The quantitative estimate of drug-likeness (QED) is 0.491. The van der Waals surface area contributed by atoms with Gasteiger partial charge in [-0.1, -0.05) is 36.9 Å². The minimum Gasteiger partial charge on any atom is -0.353 e. The van der Waals surface area contributed by atoms with Crippen LogP contribution in [0.2, 0.25) is 0 Å². The largest absolute Gasteiger partial charge is 0.353 e. The minimum atomic E-state index is -0.142. The van der Waals surface area contributed by atoms with Crippen LogP contribution in [0.5, 0.6) is 0 Å². The molecule has 0 bridgehead atoms. The Morgan fingerprint density at radius 1 is 1.15 bits per heavy atom. The predicted molar refractivity (Wildman–Crippen MR) is 136 cm³/mol. The van der Waals surface area contributed by atoms with Gasteiger partial charge in [-0.05, 0) is 49.1 Å². The first-order valence-electron chi connectivity index (χ1n) is 11.3. The summed E-state index contributed by atoms with van der Waals surface area (Å²) in [5, 5.41) is 6.16. The van der Waals surface area contributed by atoms with Gasteiger partial charge in [0.2, 0.25) is 11.8 Å². The summed E-state index contributed by atoms with van der Waals surface area (Å²) >= 11 is 3.25. The van der Waals surface area contributed by atoms with Crippen LogP contribution in [-0.4, -0.2) is 52.7 Å². The number of fused-ring (bicyclic) bond motifs is 3. The van der Waals surface area contributed by atoms with Crippen molar-refractivity contribution in [2.75, 3.05) is 30.3 Å². The molecule has 6 nitrogen and oxygen atoms in total. The maximum absolute atomic E-state index is 13.0. The molecule has 0 unspecified atom stereocenters. The Bertz CT molecular complexity index is 1080. The van der Waals surface area contributed by atoms with Crippen LogP contribution in [0.15, 0.2) is 65.1 Å². The summed E-state index contributed by atoms with van der Waals surface area (Å²) in [6.45, 7) is 6.63. The molecule has 0 saturated heterocycles. The number of aromatic nitrogens is 1. The highest BCUT2D eigenvalue weighted by atomic mass is 32.2. The Balaban J connectivity index is 1.41. The Kier molecular flexibility index (Phi) is 7.90. The molecule has 1 atom stereocenters. The molecule has 0 aliphatic carbocycles. The number of hydrogen-bond donors (Lipinski definition) is 1. The second-order valence-electron chi connectivity index (χ2n) is 8.13. The standard InChI is InChI=1S/C25H30N4O2S2/c1-3-19(2)27(16-20-8-7-15-32-20)14-12-26-23(30)17-29-22-10-5-4-9-21(22)28-13-6-11-25(28)33-18-24(29)31/h4-11,13,15,19H,3,12,14,16-18H2,1-2H3,(H,26,30)/t19-/m0/s1. The SMILES string of the molecule is CC[C@H](C)N(CCNC(=O)CN1C(=O)CSc2cccn2-c2ccccc21)Cc1cccs1. The summed E-state index contributed by atoms with van der Waals surface area (Å²) in [6.07, 6.45) is 3.05. The van der Waals surface area contributed by atoms with Crippen molar-refractivity contribution in [3.8, 4) is 5.69 Å². The first-order valence-corrected chi connectivity index (χ1v) is 13.2. The van der Waals surface area contributed by atoms with Crippen LogP contribution in [0.4, 0.5) is 5.69 Å². The molecule has 3 aromatic rings. The number of nitrogens with one attached hydrogen (secondary N) is 1. The Labute approximate surface area is 203 Å². The molecule has 1 N–H and O–H groups in total. The van der Waals surface area contributed by atoms with Gasteiger partial charge in [-0.2, -0.15) is 0 Å². The Morgan fingerprint density at radius 3 is 2.73 bits per heavy atom. The number of benzene rings is 1. The average molecular weight is 483 g/mol. The zero-order valence-corrected chi connectivity index (χ0v) is 20.7. The normalized spacial score (nSPS) is 14.4. The highest BCUT2D eigenvalue weighted by Crippen LogP contribution is 2.32. The van der Waals surface area contributed by atoms with Crippen molar-refractivity contribution in [1.82, 2.24) is 14.8 Å². The lowest BCUT2D eigenvalue weighted by atomic mass is 10.2. The number of carbonyl (C=O) groups is 2. The lowest BCUT2D eigenvalue weighted by Gasteiger charge is -2.29. The topological polar surface area (TPSA) is 57.6 Å². The predicted octanol–water partition coefficient (Wildman–Crippen LogP) is 4.39. The van der Waals surface area contributed by atoms with E-state index < -0.39 is 0 Å². The fourth-order valence-corrected chi connectivity index (χ4v) is 5.58. The fraction of sp³-hybridized carbons (Fsp3) is 0.360. The number of thioether (sulfide) groups is 1. The van der Waals surface area contributed by atoms with E-state index in [4.69, 9.17) is 0 Å². The third-order valence-electron chi connectivity index (χ3n) is 5.96. The molecule has 2 aromatic heterocycles. The lowest BCUT2D eigenvalue weighted by Crippen LogP contribution is -2.45. The summed E-state index contributed by atoms with van der Waals surface area (Å²) < 4.78 is 2.08. The molecular formula is C25H30N4O2S2. The number of rotatable bonds is 9. The van der Waals surface area contributed by atoms with E-state index in [1.807, 2.05) is 42.6 Å². The number of thiophene rings is 1. The van der Waals surface area contributed by atoms with Gasteiger partial charge in [0.1, 0.15) is 6.54 Å². The van der Waals surface area contributed by atoms with Gasteiger partial charge in [-0.25, -0.2) is 0 Å². The lowest BCUT2D eigenvalue weighted by molar-refractivity contribution is -0.123. The van der Waals surface area contributed by atoms with Crippen LogP contribution < -0.4 is 10.2 Å². The van der Waals surface area contributed by atoms with Crippen molar-refractivity contribution in [1.29, 1.82) is 0 Å². The van der Waals surface area contributed by atoms with Gasteiger partial charge in [0.05, 0.1) is 22.2 Å². The van der Waals surface area contributed by atoms with Crippen molar-refractivity contribution in [2.45, 2.75) is 37.9 Å². The van der Waals surface area contributed by atoms with E-state index in [0.717, 1.165) is 35.9 Å². The number of para-hydroxylation sites is 2. The minimum absolute atomic E-state index is 0.0151. The first kappa shape index (κ1) is 23.6. The van der Waals surface area contributed by atoms with Gasteiger partial charge >= 0.3 is 0 Å². The maximum Gasteiger partial charge on any atom is 0.240 e. The van der Waals surface area contributed by atoms with Crippen molar-refractivity contribution in [2.24, 2.45) is 0 Å². The Morgan fingerprint density at radius 2 is 1.97 bits per heavy atom. The van der Waals surface area contributed by atoms with Crippen LogP contribution in [0.1, 0.15) is 25.1 Å². The average Bonchev–Trinajstić information content (AvgIpc) is 3.51. The van der Waals surface area contributed by atoms with Crippen LogP contribution in [0.25, 0.3) is 5.69 Å². The molecule has 8 heteroatoms. The monoisotopic (exact) mass is 482 g/mol. The first-order chi connectivity index (χ1) is 16.1. The molecule has 1 aliphatic heterocycles.